The third-order valence-electron chi connectivity index (χ3n) is 4.28. The Balaban J connectivity index is 1.68. The average molecular weight is 286 g/mol. The second kappa shape index (κ2) is 5.32. The van der Waals surface area contributed by atoms with Crippen molar-refractivity contribution in [1.82, 2.24) is 5.43 Å². The summed E-state index contributed by atoms with van der Waals surface area (Å²) in [6.07, 6.45) is 0. The molecule has 1 aliphatic rings. The molecule has 0 spiro atoms. The van der Waals surface area contributed by atoms with Crippen molar-refractivity contribution in [3.63, 3.8) is 0 Å². The molecule has 2 heteroatoms. The first-order chi connectivity index (χ1) is 10.8. The van der Waals surface area contributed by atoms with E-state index >= 15 is 0 Å². The summed E-state index contributed by atoms with van der Waals surface area (Å²) in [4.78, 5) is 0. The summed E-state index contributed by atoms with van der Waals surface area (Å²) in [5.74, 6) is 0. The van der Waals surface area contributed by atoms with Crippen LogP contribution in [0.25, 0.3) is 11.1 Å². The number of hydrogen-bond acceptors (Lipinski definition) is 2. The van der Waals surface area contributed by atoms with Gasteiger partial charge >= 0.3 is 0 Å². The number of nitrogens with zero attached hydrogens (tertiary/aromatic N) is 1. The van der Waals surface area contributed by atoms with Gasteiger partial charge in [-0.15, -0.1) is 0 Å². The van der Waals surface area contributed by atoms with Gasteiger partial charge in [-0.2, -0.15) is 0 Å². The first kappa shape index (κ1) is 13.1. The molecule has 0 saturated carbocycles. The highest BCUT2D eigenvalue weighted by molar-refractivity contribution is 5.65. The van der Waals surface area contributed by atoms with Crippen LogP contribution < -0.4 is 10.4 Å². The largest absolute Gasteiger partial charge is 0.310 e. The summed E-state index contributed by atoms with van der Waals surface area (Å²) >= 11 is 0. The van der Waals surface area contributed by atoms with E-state index in [9.17, 15) is 0 Å². The van der Waals surface area contributed by atoms with E-state index in [1.165, 1.54) is 27.9 Å². The summed E-state index contributed by atoms with van der Waals surface area (Å²) in [5.41, 5.74) is 9.91. The minimum absolute atomic E-state index is 0.228. The van der Waals surface area contributed by atoms with E-state index in [0.717, 1.165) is 0 Å². The lowest BCUT2D eigenvalue weighted by Gasteiger charge is -2.16. The van der Waals surface area contributed by atoms with E-state index in [0.29, 0.717) is 0 Å². The Morgan fingerprint density at radius 3 is 2.14 bits per heavy atom. The fourth-order valence-corrected chi connectivity index (χ4v) is 3.12. The van der Waals surface area contributed by atoms with Gasteiger partial charge in [0.1, 0.15) is 0 Å². The van der Waals surface area contributed by atoms with Gasteiger partial charge in [0, 0.05) is 12.6 Å². The van der Waals surface area contributed by atoms with Crippen LogP contribution >= 0.6 is 0 Å². The Hall–Kier alpha value is -2.58. The number of para-hydroxylation sites is 1. The highest BCUT2D eigenvalue weighted by Crippen LogP contribution is 2.36. The zero-order chi connectivity index (χ0) is 14.9. The Labute approximate surface area is 131 Å². The van der Waals surface area contributed by atoms with Crippen molar-refractivity contribution >= 4 is 5.69 Å². The van der Waals surface area contributed by atoms with Crippen molar-refractivity contribution in [2.24, 2.45) is 0 Å². The Morgan fingerprint density at radius 2 is 1.36 bits per heavy atom. The van der Waals surface area contributed by atoms with Crippen LogP contribution in [0.5, 0.6) is 0 Å². The lowest BCUT2D eigenvalue weighted by Crippen LogP contribution is -2.30. The lowest BCUT2D eigenvalue weighted by atomic mass is 9.97. The minimum Gasteiger partial charge on any atom is -0.310 e. The topological polar surface area (TPSA) is 15.3 Å². The number of anilines is 1. The average Bonchev–Trinajstić information content (AvgIpc) is 2.93. The van der Waals surface area contributed by atoms with Crippen LogP contribution in [0, 0.1) is 0 Å². The highest BCUT2D eigenvalue weighted by Gasteiger charge is 2.26. The van der Waals surface area contributed by atoms with E-state index in [-0.39, 0.29) is 6.04 Å². The van der Waals surface area contributed by atoms with Crippen molar-refractivity contribution < 1.29 is 0 Å². The molecule has 22 heavy (non-hydrogen) atoms. The van der Waals surface area contributed by atoms with E-state index in [2.05, 4.69) is 90.3 Å². The van der Waals surface area contributed by atoms with Gasteiger partial charge < -0.3 is 5.01 Å². The molecule has 0 amide bonds. The molecule has 0 saturated heterocycles. The molecule has 0 bridgehead atoms. The summed E-state index contributed by atoms with van der Waals surface area (Å²) in [5, 5.41) is 2.10. The van der Waals surface area contributed by atoms with Gasteiger partial charge in [-0.05, 0) is 22.8 Å². The molecule has 0 aliphatic carbocycles. The van der Waals surface area contributed by atoms with E-state index < -0.39 is 0 Å². The molecule has 1 atom stereocenters. The summed E-state index contributed by atoms with van der Waals surface area (Å²) in [6, 6.07) is 28.1. The number of nitrogens with one attached hydrogen (secondary N) is 1. The van der Waals surface area contributed by atoms with Gasteiger partial charge in [0.2, 0.25) is 0 Å². The number of fused-ring (bicyclic) bond motifs is 1. The number of hydrazine groups is 1. The molecule has 3 aromatic rings. The molecule has 1 aliphatic heterocycles. The van der Waals surface area contributed by atoms with Gasteiger partial charge in [0.05, 0.1) is 11.7 Å². The van der Waals surface area contributed by atoms with Crippen LogP contribution in [-0.2, 0) is 0 Å². The van der Waals surface area contributed by atoms with Crippen LogP contribution in [0.15, 0.2) is 78.9 Å². The lowest BCUT2D eigenvalue weighted by molar-refractivity contribution is 0.647. The van der Waals surface area contributed by atoms with Crippen LogP contribution in [0.1, 0.15) is 17.2 Å². The van der Waals surface area contributed by atoms with Gasteiger partial charge in [-0.1, -0.05) is 72.8 Å². The fraction of sp³-hybridized carbons (Fsp3) is 0.100. The zero-order valence-electron chi connectivity index (χ0n) is 12.5. The minimum atomic E-state index is 0.228. The zero-order valence-corrected chi connectivity index (χ0v) is 12.5. The third kappa shape index (κ3) is 2.18. The number of hydrogen-bond donors (Lipinski definition) is 1. The molecule has 0 radical (unpaired) electrons. The monoisotopic (exact) mass is 286 g/mol. The maximum absolute atomic E-state index is 3.53. The molecule has 1 N–H and O–H groups in total. The molecule has 1 unspecified atom stereocenters. The molecular formula is C20H18N2. The number of benzene rings is 3. The normalized spacial score (nSPS) is 16.6. The molecule has 1 heterocycles. The molecule has 3 aromatic carbocycles. The highest BCUT2D eigenvalue weighted by atomic mass is 15.5. The predicted octanol–water partition coefficient (Wildman–Crippen LogP) is 4.40. The van der Waals surface area contributed by atoms with Crippen molar-refractivity contribution in [3.8, 4) is 11.1 Å². The quantitative estimate of drug-likeness (QED) is 0.751. The Kier molecular flexibility index (Phi) is 3.17. The van der Waals surface area contributed by atoms with Crippen LogP contribution in [0.3, 0.4) is 0 Å². The van der Waals surface area contributed by atoms with E-state index in [4.69, 9.17) is 0 Å². The molecule has 0 aromatic heterocycles. The van der Waals surface area contributed by atoms with Gasteiger partial charge in [0.25, 0.3) is 0 Å². The van der Waals surface area contributed by atoms with Crippen molar-refractivity contribution in [2.45, 2.75) is 6.04 Å². The molecule has 4 rings (SSSR count). The summed E-state index contributed by atoms with van der Waals surface area (Å²) < 4.78 is 0. The molecule has 2 nitrogen and oxygen atoms in total. The smallest absolute Gasteiger partial charge is 0.0782 e. The van der Waals surface area contributed by atoms with Crippen LogP contribution in [-0.4, -0.2) is 7.05 Å². The van der Waals surface area contributed by atoms with Gasteiger partial charge in [0.15, 0.2) is 0 Å². The van der Waals surface area contributed by atoms with E-state index in [1.807, 2.05) is 6.07 Å². The van der Waals surface area contributed by atoms with Crippen LogP contribution in [0.4, 0.5) is 5.69 Å². The Morgan fingerprint density at radius 1 is 0.727 bits per heavy atom. The molecule has 0 fully saturated rings. The van der Waals surface area contributed by atoms with Crippen LogP contribution in [0.2, 0.25) is 0 Å². The first-order valence-electron chi connectivity index (χ1n) is 7.57. The molecule has 108 valence electrons. The first-order valence-corrected chi connectivity index (χ1v) is 7.57. The van der Waals surface area contributed by atoms with Gasteiger partial charge in [-0.3, -0.25) is 0 Å². The maximum atomic E-state index is 3.53. The summed E-state index contributed by atoms with van der Waals surface area (Å²) in [6.45, 7) is 0. The molecular weight excluding hydrogens is 268 g/mol. The number of rotatable bonds is 2. The van der Waals surface area contributed by atoms with Gasteiger partial charge in [-0.25, -0.2) is 5.43 Å². The second-order valence-electron chi connectivity index (χ2n) is 5.67. The van der Waals surface area contributed by atoms with E-state index in [1.54, 1.807) is 0 Å². The summed E-state index contributed by atoms with van der Waals surface area (Å²) in [7, 11) is 2.07. The second-order valence-corrected chi connectivity index (χ2v) is 5.67. The van der Waals surface area contributed by atoms with Crippen molar-refractivity contribution in [3.05, 3.63) is 90.0 Å². The fourth-order valence-electron chi connectivity index (χ4n) is 3.12. The SMILES string of the molecule is CN1NC(c2ccc(-c3ccccc3)cc2)c2ccccc21. The Bertz CT molecular complexity index is 778. The predicted molar refractivity (Wildman–Crippen MR) is 91.7 cm³/mol. The standard InChI is InChI=1S/C20H18N2/c1-22-19-10-6-5-9-18(19)20(21-22)17-13-11-16(12-14-17)15-7-3-2-4-8-15/h2-14,20-21H,1H3. The van der Waals surface area contributed by atoms with Crippen molar-refractivity contribution in [1.29, 1.82) is 0 Å². The van der Waals surface area contributed by atoms with Crippen molar-refractivity contribution in [2.75, 3.05) is 12.1 Å². The third-order valence-corrected chi connectivity index (χ3v) is 4.28. The maximum Gasteiger partial charge on any atom is 0.0782 e.